The molecule has 2 aromatic rings. The first-order chi connectivity index (χ1) is 9.75. The molecule has 0 N–H and O–H groups in total. The minimum atomic E-state index is 0. The van der Waals surface area contributed by atoms with Crippen molar-refractivity contribution in [3.05, 3.63) is 66.0 Å². The van der Waals surface area contributed by atoms with Crippen LogP contribution >= 0.6 is 11.9 Å². The van der Waals surface area contributed by atoms with E-state index in [4.69, 9.17) is 12.8 Å². The van der Waals surface area contributed by atoms with Crippen LogP contribution in [-0.2, 0) is 35.6 Å². The molecule has 0 bridgehead atoms. The molecule has 1 heterocycles. The van der Waals surface area contributed by atoms with Crippen molar-refractivity contribution < 1.29 is 33.0 Å². The predicted molar refractivity (Wildman–Crippen MR) is 84.2 cm³/mol. The molecule has 1 aromatic carbocycles. The first-order valence-electron chi connectivity index (χ1n) is 6.06. The van der Waals surface area contributed by atoms with Gasteiger partial charge in [-0.2, -0.15) is 0 Å². The van der Waals surface area contributed by atoms with Gasteiger partial charge in [-0.1, -0.05) is 36.4 Å². The Morgan fingerprint density at radius 2 is 1.86 bits per heavy atom. The Kier molecular flexibility index (Phi) is 11.1. The molecule has 4 nitrogen and oxygen atoms in total. The summed E-state index contributed by atoms with van der Waals surface area (Å²) in [6.07, 6.45) is 1.73. The van der Waals surface area contributed by atoms with Crippen LogP contribution in [0.15, 0.2) is 65.1 Å². The summed E-state index contributed by atoms with van der Waals surface area (Å²) in [5.74, 6) is 0.770. The third-order valence-corrected chi connectivity index (χ3v) is 3.63. The molecule has 0 amide bonds. The van der Waals surface area contributed by atoms with Crippen LogP contribution in [-0.4, -0.2) is 14.2 Å². The molecular formula is C14H14ClCuN4S2+. The SMILES string of the molecule is C/C(=N\N=[N+]([S-])SCc1ccccc1)c1ccccn1.[Cl-].[Cu+2]. The number of rotatable bonds is 5. The summed E-state index contributed by atoms with van der Waals surface area (Å²) in [6, 6.07) is 15.8. The van der Waals surface area contributed by atoms with E-state index < -0.39 is 0 Å². The van der Waals surface area contributed by atoms with Crippen LogP contribution in [0.5, 0.6) is 0 Å². The van der Waals surface area contributed by atoms with Gasteiger partial charge in [-0.15, -0.1) is 0 Å². The fraction of sp³-hybridized carbons (Fsp3) is 0.143. The second kappa shape index (κ2) is 11.6. The molecule has 2 rings (SSSR count). The topological polar surface area (TPSA) is 40.6 Å². The van der Waals surface area contributed by atoms with Gasteiger partial charge in [0.25, 0.3) is 0 Å². The second-order valence-electron chi connectivity index (χ2n) is 3.99. The minimum Gasteiger partial charge on any atom is -1.00 e. The molecule has 0 saturated carbocycles. The van der Waals surface area contributed by atoms with E-state index in [1.807, 2.05) is 43.3 Å². The van der Waals surface area contributed by atoms with E-state index in [-0.39, 0.29) is 29.5 Å². The Morgan fingerprint density at radius 3 is 2.50 bits per heavy atom. The van der Waals surface area contributed by atoms with Crippen molar-refractivity contribution in [1.82, 2.24) is 4.98 Å². The molecule has 22 heavy (non-hydrogen) atoms. The number of nitrogens with zero attached hydrogens (tertiary/aromatic N) is 4. The van der Waals surface area contributed by atoms with E-state index in [2.05, 4.69) is 27.4 Å². The monoisotopic (exact) mass is 400 g/mol. The summed E-state index contributed by atoms with van der Waals surface area (Å²) in [5.41, 5.74) is 2.74. The molecule has 0 atom stereocenters. The summed E-state index contributed by atoms with van der Waals surface area (Å²) >= 11 is 6.53. The zero-order chi connectivity index (χ0) is 14.2. The normalized spacial score (nSPS) is 11.3. The Hall–Kier alpha value is -0.981. The van der Waals surface area contributed by atoms with Gasteiger partial charge in [0.1, 0.15) is 10.9 Å². The fourth-order valence-corrected chi connectivity index (χ4v) is 2.20. The molecular weight excluding hydrogens is 387 g/mol. The number of hydrogen-bond acceptors (Lipinski definition) is 4. The van der Waals surface area contributed by atoms with Gasteiger partial charge in [0.2, 0.25) is 5.71 Å². The maximum atomic E-state index is 5.11. The van der Waals surface area contributed by atoms with Crippen LogP contribution in [0.4, 0.5) is 0 Å². The maximum Gasteiger partial charge on any atom is 2.00 e. The van der Waals surface area contributed by atoms with Crippen molar-refractivity contribution in [2.24, 2.45) is 10.3 Å². The molecule has 1 aromatic heterocycles. The number of benzene rings is 1. The molecule has 119 valence electrons. The predicted octanol–water partition coefficient (Wildman–Crippen LogP) is 0.582. The molecule has 0 aliphatic heterocycles. The number of aromatic nitrogens is 1. The molecule has 0 aliphatic carbocycles. The van der Waals surface area contributed by atoms with Crippen molar-refractivity contribution in [3.63, 3.8) is 0 Å². The van der Waals surface area contributed by atoms with Crippen molar-refractivity contribution in [2.75, 3.05) is 0 Å². The maximum absolute atomic E-state index is 5.11. The minimum absolute atomic E-state index is 0. The van der Waals surface area contributed by atoms with Crippen molar-refractivity contribution in [1.29, 1.82) is 0 Å². The van der Waals surface area contributed by atoms with Gasteiger partial charge in [0, 0.05) is 13.1 Å². The molecule has 1 radical (unpaired) electrons. The fourth-order valence-electron chi connectivity index (χ4n) is 1.46. The van der Waals surface area contributed by atoms with Gasteiger partial charge in [-0.3, -0.25) is 4.98 Å². The molecule has 0 spiro atoms. The van der Waals surface area contributed by atoms with Crippen LogP contribution in [0.3, 0.4) is 0 Å². The van der Waals surface area contributed by atoms with Crippen molar-refractivity contribution in [3.8, 4) is 0 Å². The Balaban J connectivity index is 0.00000220. The number of pyridine rings is 1. The average molecular weight is 401 g/mol. The van der Waals surface area contributed by atoms with Crippen LogP contribution in [0.1, 0.15) is 18.2 Å². The summed E-state index contributed by atoms with van der Waals surface area (Å²) in [7, 11) is 0. The van der Waals surface area contributed by atoms with E-state index in [0.29, 0.717) is 0 Å². The van der Waals surface area contributed by atoms with E-state index in [1.165, 1.54) is 21.0 Å². The van der Waals surface area contributed by atoms with E-state index in [9.17, 15) is 0 Å². The van der Waals surface area contributed by atoms with Gasteiger partial charge < -0.3 is 25.2 Å². The first kappa shape index (κ1) is 21.0. The van der Waals surface area contributed by atoms with E-state index in [1.54, 1.807) is 6.20 Å². The Labute approximate surface area is 157 Å². The van der Waals surface area contributed by atoms with Gasteiger partial charge in [-0.05, 0) is 17.7 Å². The van der Waals surface area contributed by atoms with Gasteiger partial charge in [-0.25, -0.2) is 3.51 Å². The third-order valence-electron chi connectivity index (χ3n) is 2.49. The third kappa shape index (κ3) is 7.33. The zero-order valence-electron chi connectivity index (χ0n) is 11.7. The zero-order valence-corrected chi connectivity index (χ0v) is 15.0. The molecule has 0 fully saturated rings. The van der Waals surface area contributed by atoms with Crippen LogP contribution in [0, 0.1) is 0 Å². The summed E-state index contributed by atoms with van der Waals surface area (Å²) in [4.78, 5) is 4.20. The van der Waals surface area contributed by atoms with Crippen LogP contribution < -0.4 is 12.4 Å². The largest absolute Gasteiger partial charge is 2.00 e. The summed E-state index contributed by atoms with van der Waals surface area (Å²) < 4.78 is 1.35. The second-order valence-corrected chi connectivity index (χ2v) is 5.46. The molecule has 0 aliphatic rings. The van der Waals surface area contributed by atoms with Crippen molar-refractivity contribution >= 4 is 30.5 Å². The summed E-state index contributed by atoms with van der Waals surface area (Å²) in [5, 5.41) is 8.06. The average Bonchev–Trinajstić information content (AvgIpc) is 2.52. The van der Waals surface area contributed by atoms with Crippen molar-refractivity contribution in [2.45, 2.75) is 12.7 Å². The Morgan fingerprint density at radius 1 is 1.18 bits per heavy atom. The van der Waals surface area contributed by atoms with Crippen LogP contribution in [0.25, 0.3) is 0 Å². The van der Waals surface area contributed by atoms with Crippen LogP contribution in [0.2, 0.25) is 0 Å². The smallest absolute Gasteiger partial charge is 1.00 e. The molecule has 0 saturated heterocycles. The van der Waals surface area contributed by atoms with E-state index in [0.717, 1.165) is 17.2 Å². The number of hydrogen-bond donors (Lipinski definition) is 0. The summed E-state index contributed by atoms with van der Waals surface area (Å²) in [6.45, 7) is 1.86. The van der Waals surface area contributed by atoms with Gasteiger partial charge in [0.15, 0.2) is 0 Å². The molecule has 0 unspecified atom stereocenters. The van der Waals surface area contributed by atoms with Gasteiger partial charge in [0.05, 0.1) is 22.8 Å². The van der Waals surface area contributed by atoms with Gasteiger partial charge >= 0.3 is 17.1 Å². The number of halogens is 1. The van der Waals surface area contributed by atoms with E-state index >= 15 is 0 Å². The molecule has 8 heteroatoms. The first-order valence-corrected chi connectivity index (χ1v) is 7.37. The Bertz CT molecular complexity index is 609. The quantitative estimate of drug-likeness (QED) is 0.140. The standard InChI is InChI=1S/C14H14N4S2.ClH.Cu/c1-12(14-9-5-6-10-15-14)16-17-18(19)20-11-13-7-3-2-4-8-13;;/h2-10H,11H2,1H3;1H;/q;;+2/p-1/b16-12+,18-17?;;.